The van der Waals surface area contributed by atoms with E-state index in [1.165, 1.54) is 11.6 Å². The molecule has 0 saturated carbocycles. The van der Waals surface area contributed by atoms with Crippen LogP contribution in [0.4, 0.5) is 11.8 Å². The van der Waals surface area contributed by atoms with E-state index >= 15 is 0 Å². The average molecular weight is 284 g/mol. The highest BCUT2D eigenvalue weighted by atomic mass is 16.1. The van der Waals surface area contributed by atoms with Crippen molar-refractivity contribution in [2.75, 3.05) is 17.2 Å². The first-order valence-corrected chi connectivity index (χ1v) is 7.25. The lowest BCUT2D eigenvalue weighted by Crippen LogP contribution is -2.30. The maximum absolute atomic E-state index is 12.2. The van der Waals surface area contributed by atoms with Gasteiger partial charge in [-0.05, 0) is 11.5 Å². The molecule has 3 rings (SSSR count). The van der Waals surface area contributed by atoms with Crippen LogP contribution in [-0.2, 0) is 6.54 Å². The summed E-state index contributed by atoms with van der Waals surface area (Å²) in [5.41, 5.74) is 6.87. The maximum atomic E-state index is 12.2. The van der Waals surface area contributed by atoms with Crippen LogP contribution in [0.15, 0.2) is 41.2 Å². The van der Waals surface area contributed by atoms with Gasteiger partial charge in [-0.25, -0.2) is 0 Å². The van der Waals surface area contributed by atoms with Crippen molar-refractivity contribution >= 4 is 11.8 Å². The summed E-state index contributed by atoms with van der Waals surface area (Å²) in [5.74, 6) is 1.44. The molecule has 1 aliphatic rings. The lowest BCUT2D eigenvalue weighted by Gasteiger charge is -2.27. The zero-order chi connectivity index (χ0) is 15.0. The second-order valence-corrected chi connectivity index (χ2v) is 5.90. The van der Waals surface area contributed by atoms with Crippen LogP contribution in [0.3, 0.4) is 0 Å². The van der Waals surface area contributed by atoms with Crippen molar-refractivity contribution in [2.24, 2.45) is 5.92 Å². The first-order valence-electron chi connectivity index (χ1n) is 7.25. The molecule has 0 radical (unpaired) electrons. The van der Waals surface area contributed by atoms with Crippen molar-refractivity contribution < 1.29 is 0 Å². The largest absolute Gasteiger partial charge is 0.383 e. The summed E-state index contributed by atoms with van der Waals surface area (Å²) in [5, 5.41) is 0. The molecule has 1 unspecified atom stereocenters. The second-order valence-electron chi connectivity index (χ2n) is 5.90. The molecule has 0 saturated heterocycles. The molecule has 1 aliphatic heterocycles. The van der Waals surface area contributed by atoms with Crippen LogP contribution in [0.25, 0.3) is 0 Å². The molecule has 2 heterocycles. The molecule has 21 heavy (non-hydrogen) atoms. The summed E-state index contributed by atoms with van der Waals surface area (Å²) >= 11 is 0. The Bertz CT molecular complexity index is 693. The predicted octanol–water partition coefficient (Wildman–Crippen LogP) is 2.04. The predicted molar refractivity (Wildman–Crippen MR) is 84.3 cm³/mol. The third-order valence-electron chi connectivity index (χ3n) is 3.74. The van der Waals surface area contributed by atoms with E-state index in [0.717, 1.165) is 6.54 Å². The van der Waals surface area contributed by atoms with Crippen LogP contribution in [-0.4, -0.2) is 16.1 Å². The van der Waals surface area contributed by atoms with Gasteiger partial charge in [-0.2, -0.15) is 4.98 Å². The van der Waals surface area contributed by atoms with E-state index in [4.69, 9.17) is 5.73 Å². The normalized spacial score (nSPS) is 17.3. The molecule has 0 amide bonds. The van der Waals surface area contributed by atoms with Gasteiger partial charge in [0, 0.05) is 12.6 Å². The smallest absolute Gasteiger partial charge is 0.257 e. The van der Waals surface area contributed by atoms with Crippen LogP contribution in [0, 0.1) is 5.92 Å². The van der Waals surface area contributed by atoms with Gasteiger partial charge in [0.15, 0.2) is 0 Å². The third kappa shape index (κ3) is 2.51. The van der Waals surface area contributed by atoms with Crippen molar-refractivity contribution in [1.82, 2.24) is 9.55 Å². The van der Waals surface area contributed by atoms with Crippen molar-refractivity contribution in [3.05, 3.63) is 52.3 Å². The minimum Gasteiger partial charge on any atom is -0.383 e. The minimum absolute atomic E-state index is 0.0790. The minimum atomic E-state index is -0.0790. The second kappa shape index (κ2) is 5.24. The molecule has 1 aromatic heterocycles. The highest BCUT2D eigenvalue weighted by molar-refractivity contribution is 5.46. The molecule has 110 valence electrons. The molecule has 1 aromatic carbocycles. The molecule has 0 aliphatic carbocycles. The van der Waals surface area contributed by atoms with E-state index in [2.05, 4.69) is 35.9 Å². The van der Waals surface area contributed by atoms with Crippen molar-refractivity contribution in [1.29, 1.82) is 0 Å². The molecule has 0 spiro atoms. The fraction of sp³-hybridized carbons (Fsp3) is 0.375. The van der Waals surface area contributed by atoms with Gasteiger partial charge >= 0.3 is 0 Å². The number of nitrogens with zero attached hydrogens (tertiary/aromatic N) is 3. The Hall–Kier alpha value is -2.30. The summed E-state index contributed by atoms with van der Waals surface area (Å²) in [6, 6.07) is 11.8. The van der Waals surface area contributed by atoms with Crippen LogP contribution in [0.2, 0.25) is 0 Å². The number of anilines is 2. The zero-order valence-corrected chi connectivity index (χ0v) is 12.4. The van der Waals surface area contributed by atoms with E-state index in [-0.39, 0.29) is 17.4 Å². The lowest BCUT2D eigenvalue weighted by molar-refractivity contribution is 0.546. The first-order chi connectivity index (χ1) is 10.1. The van der Waals surface area contributed by atoms with E-state index in [1.54, 1.807) is 4.57 Å². The monoisotopic (exact) mass is 284 g/mol. The third-order valence-corrected chi connectivity index (χ3v) is 3.74. The maximum Gasteiger partial charge on any atom is 0.257 e. The van der Waals surface area contributed by atoms with Crippen LogP contribution in [0.1, 0.15) is 25.5 Å². The van der Waals surface area contributed by atoms with Gasteiger partial charge < -0.3 is 10.6 Å². The van der Waals surface area contributed by atoms with Crippen molar-refractivity contribution in [3.63, 3.8) is 0 Å². The van der Waals surface area contributed by atoms with Gasteiger partial charge in [0.05, 0.1) is 12.6 Å². The van der Waals surface area contributed by atoms with Gasteiger partial charge in [0.1, 0.15) is 5.82 Å². The quantitative estimate of drug-likeness (QED) is 0.937. The van der Waals surface area contributed by atoms with Crippen LogP contribution < -0.4 is 16.2 Å². The molecule has 0 bridgehead atoms. The van der Waals surface area contributed by atoms with E-state index < -0.39 is 0 Å². The first kappa shape index (κ1) is 13.7. The van der Waals surface area contributed by atoms with E-state index in [9.17, 15) is 4.79 Å². The van der Waals surface area contributed by atoms with Gasteiger partial charge in [-0.3, -0.25) is 9.36 Å². The Morgan fingerprint density at radius 2 is 2.05 bits per heavy atom. The number of hydrogen-bond acceptors (Lipinski definition) is 4. The average Bonchev–Trinajstić information content (AvgIpc) is 2.78. The van der Waals surface area contributed by atoms with Crippen molar-refractivity contribution in [2.45, 2.75) is 26.4 Å². The van der Waals surface area contributed by atoms with Crippen LogP contribution >= 0.6 is 0 Å². The van der Waals surface area contributed by atoms with Crippen LogP contribution in [0.5, 0.6) is 0 Å². The molecule has 2 aromatic rings. The van der Waals surface area contributed by atoms with Gasteiger partial charge in [-0.15, -0.1) is 0 Å². The molecular weight excluding hydrogens is 264 g/mol. The summed E-state index contributed by atoms with van der Waals surface area (Å²) in [6.07, 6.45) is 0. The van der Waals surface area contributed by atoms with E-state index in [0.29, 0.717) is 18.4 Å². The molecule has 5 heteroatoms. The van der Waals surface area contributed by atoms with Crippen molar-refractivity contribution in [3.8, 4) is 0 Å². The Labute approximate surface area is 124 Å². The molecule has 5 nitrogen and oxygen atoms in total. The number of rotatable bonds is 3. The number of aromatic nitrogens is 2. The summed E-state index contributed by atoms with van der Waals surface area (Å²) in [7, 11) is 0. The number of fused-ring (bicyclic) bond motifs is 1. The molecule has 2 N–H and O–H groups in total. The molecular formula is C16H20N4O. The topological polar surface area (TPSA) is 64.2 Å². The lowest BCUT2D eigenvalue weighted by atomic mass is 10.1. The van der Waals surface area contributed by atoms with Gasteiger partial charge in [-0.1, -0.05) is 44.2 Å². The molecule has 0 fully saturated rings. The number of benzene rings is 1. The number of nitrogens with two attached hydrogens (primary N) is 1. The SMILES string of the molecule is CC(C)CN1c2nc(N)cc(=O)n2CC1c1ccccc1. The standard InChI is InChI=1S/C16H20N4O/c1-11(2)9-19-13(12-6-4-3-5-7-12)10-20-15(21)8-14(17)18-16(19)20/h3-8,11,13H,9-10,17H2,1-2H3. The fourth-order valence-corrected chi connectivity index (χ4v) is 2.88. The van der Waals surface area contributed by atoms with Gasteiger partial charge in [0.25, 0.3) is 5.56 Å². The Morgan fingerprint density at radius 1 is 1.33 bits per heavy atom. The Balaban J connectivity index is 2.07. The number of hydrogen-bond donors (Lipinski definition) is 1. The zero-order valence-electron chi connectivity index (χ0n) is 12.4. The highest BCUT2D eigenvalue weighted by Gasteiger charge is 2.32. The summed E-state index contributed by atoms with van der Waals surface area (Å²) in [4.78, 5) is 18.7. The Morgan fingerprint density at radius 3 is 2.71 bits per heavy atom. The van der Waals surface area contributed by atoms with Gasteiger partial charge in [0.2, 0.25) is 5.95 Å². The highest BCUT2D eigenvalue weighted by Crippen LogP contribution is 2.34. The molecule has 1 atom stereocenters. The summed E-state index contributed by atoms with van der Waals surface area (Å²) < 4.78 is 1.72. The summed E-state index contributed by atoms with van der Waals surface area (Å²) in [6.45, 7) is 5.79. The number of nitrogen functional groups attached to an aromatic ring is 1. The Kier molecular flexibility index (Phi) is 3.41. The van der Waals surface area contributed by atoms with E-state index in [1.807, 2.05) is 18.2 Å². The fourth-order valence-electron chi connectivity index (χ4n) is 2.88.